The van der Waals surface area contributed by atoms with E-state index in [1.807, 2.05) is 0 Å². The molecule has 1 heterocycles. The first-order chi connectivity index (χ1) is 6.88. The monoisotopic (exact) mass is 211 g/mol. The topological polar surface area (TPSA) is 12.0 Å². The molecule has 0 radical (unpaired) electrons. The summed E-state index contributed by atoms with van der Waals surface area (Å²) in [7, 11) is 0. The predicted octanol–water partition coefficient (Wildman–Crippen LogP) is 2.66. The molecule has 1 aliphatic heterocycles. The summed E-state index contributed by atoms with van der Waals surface area (Å²) in [6, 6.07) is 0.651. The maximum Gasteiger partial charge on any atom is 0.0201 e. The second-order valence-corrected chi connectivity index (χ2v) is 5.20. The fourth-order valence-electron chi connectivity index (χ4n) is 1.91. The number of rotatable bonds is 6. The minimum atomic E-state index is 0.651. The van der Waals surface area contributed by atoms with E-state index in [1.165, 1.54) is 25.0 Å². The van der Waals surface area contributed by atoms with Crippen molar-refractivity contribution in [3.05, 3.63) is 0 Å². The van der Waals surface area contributed by atoms with Crippen LogP contribution < -0.4 is 5.32 Å². The second kappa shape index (κ2) is 7.20. The molecule has 0 saturated carbocycles. The number of thioether (sulfide) groups is 1. The lowest BCUT2D eigenvalue weighted by atomic mass is 10.0. The van der Waals surface area contributed by atoms with Gasteiger partial charge in [0, 0.05) is 17.7 Å². The summed E-state index contributed by atoms with van der Waals surface area (Å²) < 4.78 is 0. The van der Waals surface area contributed by atoms with Crippen molar-refractivity contribution in [2.45, 2.75) is 50.3 Å². The molecule has 0 aromatic rings. The Hall–Kier alpha value is -0.130. The molecule has 1 rings (SSSR count). The smallest absolute Gasteiger partial charge is 0.0201 e. The van der Waals surface area contributed by atoms with Crippen molar-refractivity contribution in [1.82, 2.24) is 5.32 Å². The van der Waals surface area contributed by atoms with Crippen molar-refractivity contribution in [3.63, 3.8) is 0 Å². The molecular formula is C12H21NS. The van der Waals surface area contributed by atoms with Crippen molar-refractivity contribution >= 4 is 11.8 Å². The average Bonchev–Trinajstić information content (AvgIpc) is 2.71. The van der Waals surface area contributed by atoms with E-state index in [0.717, 1.165) is 24.6 Å². The van der Waals surface area contributed by atoms with E-state index >= 15 is 0 Å². The Morgan fingerprint density at radius 2 is 2.50 bits per heavy atom. The predicted molar refractivity (Wildman–Crippen MR) is 65.6 cm³/mol. The van der Waals surface area contributed by atoms with Crippen LogP contribution in [0.2, 0.25) is 0 Å². The van der Waals surface area contributed by atoms with Gasteiger partial charge in [0.15, 0.2) is 0 Å². The maximum absolute atomic E-state index is 5.32. The van der Waals surface area contributed by atoms with E-state index in [-0.39, 0.29) is 0 Å². The zero-order chi connectivity index (χ0) is 10.2. The summed E-state index contributed by atoms with van der Waals surface area (Å²) in [5.74, 6) is 4.09. The molecule has 1 fully saturated rings. The van der Waals surface area contributed by atoms with Gasteiger partial charge in [0.25, 0.3) is 0 Å². The van der Waals surface area contributed by atoms with E-state index in [0.29, 0.717) is 6.04 Å². The molecular weight excluding hydrogens is 190 g/mol. The summed E-state index contributed by atoms with van der Waals surface area (Å²) >= 11 is 2.12. The summed E-state index contributed by atoms with van der Waals surface area (Å²) in [6.45, 7) is 3.35. The van der Waals surface area contributed by atoms with E-state index in [2.05, 4.69) is 29.9 Å². The van der Waals surface area contributed by atoms with Gasteiger partial charge in [-0.1, -0.05) is 6.92 Å². The fraction of sp³-hybridized carbons (Fsp3) is 0.833. The Bertz CT molecular complexity index is 179. The number of nitrogens with one attached hydrogen (secondary N) is 1. The molecule has 0 spiro atoms. The van der Waals surface area contributed by atoms with Gasteiger partial charge in [-0.15, -0.1) is 12.3 Å². The number of terminal acetylenes is 1. The molecule has 2 heteroatoms. The van der Waals surface area contributed by atoms with Crippen LogP contribution in [0.15, 0.2) is 0 Å². The van der Waals surface area contributed by atoms with Crippen LogP contribution in [0.3, 0.4) is 0 Å². The summed E-state index contributed by atoms with van der Waals surface area (Å²) in [5.41, 5.74) is 0. The van der Waals surface area contributed by atoms with Gasteiger partial charge >= 0.3 is 0 Å². The number of hydrogen-bond donors (Lipinski definition) is 1. The second-order valence-electron chi connectivity index (χ2n) is 3.85. The Labute approximate surface area is 92.4 Å². The lowest BCUT2D eigenvalue weighted by molar-refractivity contribution is 0.462. The molecule has 2 atom stereocenters. The van der Waals surface area contributed by atoms with Crippen molar-refractivity contribution in [1.29, 1.82) is 0 Å². The van der Waals surface area contributed by atoms with Crippen LogP contribution in [-0.4, -0.2) is 23.6 Å². The van der Waals surface area contributed by atoms with Crippen molar-refractivity contribution in [3.8, 4) is 12.3 Å². The molecule has 1 N–H and O–H groups in total. The van der Waals surface area contributed by atoms with E-state index in [4.69, 9.17) is 6.42 Å². The van der Waals surface area contributed by atoms with Gasteiger partial charge in [-0.2, -0.15) is 11.8 Å². The van der Waals surface area contributed by atoms with Gasteiger partial charge in [-0.05, 0) is 38.0 Å². The lowest BCUT2D eigenvalue weighted by Crippen LogP contribution is -2.37. The van der Waals surface area contributed by atoms with E-state index < -0.39 is 0 Å². The molecule has 1 aliphatic rings. The Morgan fingerprint density at radius 1 is 1.64 bits per heavy atom. The maximum atomic E-state index is 5.32. The largest absolute Gasteiger partial charge is 0.313 e. The van der Waals surface area contributed by atoms with Crippen LogP contribution in [0.4, 0.5) is 0 Å². The third kappa shape index (κ3) is 3.94. The van der Waals surface area contributed by atoms with E-state index in [9.17, 15) is 0 Å². The highest BCUT2D eigenvalue weighted by molar-refractivity contribution is 8.00. The van der Waals surface area contributed by atoms with Crippen LogP contribution in [0.1, 0.15) is 39.0 Å². The van der Waals surface area contributed by atoms with Crippen molar-refractivity contribution in [2.24, 2.45) is 0 Å². The highest BCUT2D eigenvalue weighted by Crippen LogP contribution is 2.30. The van der Waals surface area contributed by atoms with Crippen LogP contribution >= 0.6 is 11.8 Å². The quantitative estimate of drug-likeness (QED) is 0.678. The van der Waals surface area contributed by atoms with E-state index in [1.54, 1.807) is 0 Å². The molecule has 0 aromatic heterocycles. The molecule has 0 aromatic carbocycles. The highest BCUT2D eigenvalue weighted by Gasteiger charge is 2.24. The first kappa shape index (κ1) is 11.9. The molecule has 1 saturated heterocycles. The van der Waals surface area contributed by atoms with Crippen LogP contribution in [0, 0.1) is 12.3 Å². The Morgan fingerprint density at radius 3 is 3.07 bits per heavy atom. The Kier molecular flexibility index (Phi) is 6.14. The van der Waals surface area contributed by atoms with Gasteiger partial charge in [0.05, 0.1) is 0 Å². The van der Waals surface area contributed by atoms with Crippen LogP contribution in [0.5, 0.6) is 0 Å². The number of hydrogen-bond acceptors (Lipinski definition) is 2. The molecule has 0 amide bonds. The standard InChI is InChI=1S/C12H21NS/c1-3-5-7-11(13-9-4-2)12-8-6-10-14-12/h1,11-13H,4-10H2,2H3. The summed E-state index contributed by atoms with van der Waals surface area (Å²) in [4.78, 5) is 0. The van der Waals surface area contributed by atoms with Crippen LogP contribution in [0.25, 0.3) is 0 Å². The molecule has 0 bridgehead atoms. The van der Waals surface area contributed by atoms with Gasteiger partial charge < -0.3 is 5.32 Å². The van der Waals surface area contributed by atoms with Gasteiger partial charge in [-0.3, -0.25) is 0 Å². The highest BCUT2D eigenvalue weighted by atomic mass is 32.2. The average molecular weight is 211 g/mol. The molecule has 2 unspecified atom stereocenters. The zero-order valence-corrected chi connectivity index (χ0v) is 9.91. The molecule has 0 aliphatic carbocycles. The zero-order valence-electron chi connectivity index (χ0n) is 9.09. The normalized spacial score (nSPS) is 23.3. The van der Waals surface area contributed by atoms with Gasteiger partial charge in [0.1, 0.15) is 0 Å². The lowest BCUT2D eigenvalue weighted by Gasteiger charge is -2.23. The van der Waals surface area contributed by atoms with Crippen LogP contribution in [-0.2, 0) is 0 Å². The molecule has 1 nitrogen and oxygen atoms in total. The third-order valence-corrected chi connectivity index (χ3v) is 4.19. The summed E-state index contributed by atoms with van der Waals surface area (Å²) in [6.07, 6.45) is 11.4. The van der Waals surface area contributed by atoms with Gasteiger partial charge in [0.2, 0.25) is 0 Å². The minimum Gasteiger partial charge on any atom is -0.313 e. The fourth-order valence-corrected chi connectivity index (χ4v) is 3.34. The third-order valence-electron chi connectivity index (χ3n) is 2.67. The van der Waals surface area contributed by atoms with Gasteiger partial charge in [-0.25, -0.2) is 0 Å². The summed E-state index contributed by atoms with van der Waals surface area (Å²) in [5, 5.41) is 4.44. The first-order valence-corrected chi connectivity index (χ1v) is 6.71. The van der Waals surface area contributed by atoms with Crippen molar-refractivity contribution in [2.75, 3.05) is 12.3 Å². The SMILES string of the molecule is C#CCCC(NCCC)C1CCCS1. The van der Waals surface area contributed by atoms with Crippen molar-refractivity contribution < 1.29 is 0 Å². The molecule has 14 heavy (non-hydrogen) atoms. The minimum absolute atomic E-state index is 0.651. The first-order valence-electron chi connectivity index (χ1n) is 5.67. The Balaban J connectivity index is 2.30. The molecule has 80 valence electrons.